The van der Waals surface area contributed by atoms with Gasteiger partial charge in [-0.25, -0.2) is 0 Å². The highest BCUT2D eigenvalue weighted by Crippen LogP contribution is 2.34. The monoisotopic (exact) mass is 546 g/mol. The molecule has 7 aromatic heterocycles. The SMILES string of the molecule is C/C(=C\C=C(/O)c1ccc(-c2ccc(-c3ccc(-c4ccco4)o3)o2)o1)c1ccc(-c2ccc(-c3ccco3)o2)o1. The lowest BCUT2D eigenvalue weighted by Gasteiger charge is -1.97. The van der Waals surface area contributed by atoms with E-state index in [1.54, 1.807) is 61.1 Å². The van der Waals surface area contributed by atoms with E-state index in [4.69, 9.17) is 30.9 Å². The van der Waals surface area contributed by atoms with Gasteiger partial charge in [-0.1, -0.05) is 6.08 Å². The van der Waals surface area contributed by atoms with Gasteiger partial charge in [0.25, 0.3) is 0 Å². The number of furan rings is 7. The van der Waals surface area contributed by atoms with Gasteiger partial charge >= 0.3 is 0 Å². The Morgan fingerprint density at radius 3 is 1.32 bits per heavy atom. The zero-order chi connectivity index (χ0) is 27.8. The molecule has 7 heterocycles. The van der Waals surface area contributed by atoms with Crippen molar-refractivity contribution in [2.45, 2.75) is 6.92 Å². The number of rotatable bonds is 8. The van der Waals surface area contributed by atoms with Gasteiger partial charge in [-0.3, -0.25) is 0 Å². The molecule has 0 aliphatic rings. The summed E-state index contributed by atoms with van der Waals surface area (Å²) in [6.45, 7) is 1.88. The molecule has 7 rings (SSSR count). The van der Waals surface area contributed by atoms with Crippen molar-refractivity contribution < 1.29 is 36.0 Å². The Kier molecular flexibility index (Phi) is 5.98. The largest absolute Gasteiger partial charge is 0.504 e. The van der Waals surface area contributed by atoms with Crippen molar-refractivity contribution in [1.82, 2.24) is 0 Å². The van der Waals surface area contributed by atoms with Gasteiger partial charge in [0.2, 0.25) is 0 Å². The Morgan fingerprint density at radius 1 is 0.463 bits per heavy atom. The fourth-order valence-electron chi connectivity index (χ4n) is 4.30. The topological polar surface area (TPSA) is 112 Å². The predicted molar refractivity (Wildman–Crippen MR) is 150 cm³/mol. The fraction of sp³-hybridized carbons (Fsp3) is 0.0303. The molecule has 202 valence electrons. The number of allylic oxidation sites excluding steroid dienone is 3. The fourth-order valence-corrected chi connectivity index (χ4v) is 4.30. The van der Waals surface area contributed by atoms with Crippen LogP contribution in [0.3, 0.4) is 0 Å². The molecule has 0 saturated heterocycles. The summed E-state index contributed by atoms with van der Waals surface area (Å²) in [6.07, 6.45) is 6.48. The van der Waals surface area contributed by atoms with Gasteiger partial charge in [-0.2, -0.15) is 0 Å². The lowest BCUT2D eigenvalue weighted by atomic mass is 10.2. The van der Waals surface area contributed by atoms with Crippen LogP contribution in [-0.4, -0.2) is 5.11 Å². The van der Waals surface area contributed by atoms with Crippen LogP contribution in [0.5, 0.6) is 0 Å². The van der Waals surface area contributed by atoms with Crippen molar-refractivity contribution in [3.05, 3.63) is 121 Å². The zero-order valence-electron chi connectivity index (χ0n) is 21.7. The van der Waals surface area contributed by atoms with Crippen LogP contribution in [-0.2, 0) is 0 Å². The Bertz CT molecular complexity index is 1960. The summed E-state index contributed by atoms with van der Waals surface area (Å²) in [7, 11) is 0. The molecule has 0 radical (unpaired) electrons. The lowest BCUT2D eigenvalue weighted by Crippen LogP contribution is -1.78. The molecular weight excluding hydrogens is 524 g/mol. The second-order valence-electron chi connectivity index (χ2n) is 9.18. The zero-order valence-corrected chi connectivity index (χ0v) is 21.7. The first-order chi connectivity index (χ1) is 20.1. The van der Waals surface area contributed by atoms with Crippen molar-refractivity contribution in [3.63, 3.8) is 0 Å². The first-order valence-corrected chi connectivity index (χ1v) is 12.8. The van der Waals surface area contributed by atoms with E-state index in [1.807, 2.05) is 55.5 Å². The van der Waals surface area contributed by atoms with Gasteiger partial charge in [0.05, 0.1) is 12.5 Å². The van der Waals surface area contributed by atoms with Gasteiger partial charge in [0.15, 0.2) is 69.1 Å². The predicted octanol–water partition coefficient (Wildman–Crippen LogP) is 10.2. The highest BCUT2D eigenvalue weighted by molar-refractivity contribution is 5.69. The van der Waals surface area contributed by atoms with Gasteiger partial charge in [0.1, 0.15) is 5.76 Å². The maximum absolute atomic E-state index is 10.6. The number of hydrogen-bond acceptors (Lipinski definition) is 8. The summed E-state index contributed by atoms with van der Waals surface area (Å²) >= 11 is 0. The van der Waals surface area contributed by atoms with Crippen LogP contribution in [0.2, 0.25) is 0 Å². The summed E-state index contributed by atoms with van der Waals surface area (Å²) in [5, 5.41) is 10.6. The summed E-state index contributed by atoms with van der Waals surface area (Å²) < 4.78 is 40.2. The van der Waals surface area contributed by atoms with Crippen LogP contribution in [0, 0.1) is 0 Å². The summed E-state index contributed by atoms with van der Waals surface area (Å²) in [5.41, 5.74) is 0.801. The second-order valence-corrected chi connectivity index (χ2v) is 9.18. The van der Waals surface area contributed by atoms with Crippen LogP contribution in [0.25, 0.3) is 68.9 Å². The van der Waals surface area contributed by atoms with E-state index < -0.39 is 0 Å². The molecule has 7 aromatic rings. The first kappa shape index (κ1) is 24.3. The molecule has 0 amide bonds. The quantitative estimate of drug-likeness (QED) is 0.148. The van der Waals surface area contributed by atoms with Gasteiger partial charge in [-0.05, 0) is 104 Å². The molecule has 0 atom stereocenters. The normalized spacial score (nSPS) is 12.4. The standard InChI is InChI=1S/C33H22O8/c1-20(22-8-10-28(37-22)30-14-12-26(39-30)24-4-2-18-35-24)6-7-21(34)23-9-11-29(38-23)31-16-17-33(41-31)32-15-13-27(40-32)25-5-3-19-36-25/h2-19,34H,1H3/b20-6+,21-7-. The van der Waals surface area contributed by atoms with E-state index in [0.29, 0.717) is 69.1 Å². The molecule has 0 fully saturated rings. The molecule has 0 saturated carbocycles. The summed E-state index contributed by atoms with van der Waals surface area (Å²) in [6, 6.07) is 25.2. The maximum Gasteiger partial charge on any atom is 0.170 e. The second kappa shape index (κ2) is 10.1. The number of hydrogen-bond donors (Lipinski definition) is 1. The van der Waals surface area contributed by atoms with Crippen molar-refractivity contribution in [2.24, 2.45) is 0 Å². The van der Waals surface area contributed by atoms with Gasteiger partial charge in [0, 0.05) is 0 Å². The molecule has 0 aliphatic carbocycles. The minimum atomic E-state index is -0.0441. The Hall–Kier alpha value is -5.76. The highest BCUT2D eigenvalue weighted by Gasteiger charge is 2.16. The van der Waals surface area contributed by atoms with Gasteiger partial charge < -0.3 is 36.0 Å². The third kappa shape index (κ3) is 4.79. The van der Waals surface area contributed by atoms with E-state index in [-0.39, 0.29) is 5.76 Å². The van der Waals surface area contributed by atoms with Crippen molar-refractivity contribution >= 4 is 11.3 Å². The minimum Gasteiger partial charge on any atom is -0.504 e. The van der Waals surface area contributed by atoms with E-state index in [9.17, 15) is 5.11 Å². The number of aliphatic hydroxyl groups excluding tert-OH is 1. The molecule has 0 aliphatic heterocycles. The van der Waals surface area contributed by atoms with Crippen LogP contribution < -0.4 is 0 Å². The summed E-state index contributed by atoms with van der Waals surface area (Å²) in [5.74, 6) is 6.62. The molecule has 0 aromatic carbocycles. The maximum atomic E-state index is 10.6. The van der Waals surface area contributed by atoms with Crippen LogP contribution in [0.15, 0.2) is 141 Å². The molecule has 0 bridgehead atoms. The molecule has 0 spiro atoms. The van der Waals surface area contributed by atoms with E-state index in [0.717, 1.165) is 5.57 Å². The molecule has 8 heteroatoms. The minimum absolute atomic E-state index is 0.0441. The molecule has 41 heavy (non-hydrogen) atoms. The Labute approximate surface area is 233 Å². The van der Waals surface area contributed by atoms with Crippen LogP contribution in [0.1, 0.15) is 18.4 Å². The van der Waals surface area contributed by atoms with Crippen LogP contribution in [0.4, 0.5) is 0 Å². The number of aliphatic hydroxyl groups is 1. The smallest absolute Gasteiger partial charge is 0.170 e. The Morgan fingerprint density at radius 2 is 0.854 bits per heavy atom. The van der Waals surface area contributed by atoms with E-state index in [1.165, 1.54) is 0 Å². The van der Waals surface area contributed by atoms with Crippen molar-refractivity contribution in [2.75, 3.05) is 0 Å². The Balaban J connectivity index is 1.04. The third-order valence-electron chi connectivity index (χ3n) is 6.42. The summed E-state index contributed by atoms with van der Waals surface area (Å²) in [4.78, 5) is 0. The average molecular weight is 547 g/mol. The highest BCUT2D eigenvalue weighted by atomic mass is 16.4. The van der Waals surface area contributed by atoms with Crippen molar-refractivity contribution in [3.8, 4) is 57.6 Å². The van der Waals surface area contributed by atoms with E-state index in [2.05, 4.69) is 0 Å². The lowest BCUT2D eigenvalue weighted by molar-refractivity contribution is 0.455. The molecule has 8 nitrogen and oxygen atoms in total. The molecule has 0 unspecified atom stereocenters. The third-order valence-corrected chi connectivity index (χ3v) is 6.42. The first-order valence-electron chi connectivity index (χ1n) is 12.8. The van der Waals surface area contributed by atoms with Gasteiger partial charge in [-0.15, -0.1) is 0 Å². The molecular formula is C33H22O8. The van der Waals surface area contributed by atoms with Crippen molar-refractivity contribution in [1.29, 1.82) is 0 Å². The van der Waals surface area contributed by atoms with Crippen LogP contribution >= 0.6 is 0 Å². The molecule has 1 N–H and O–H groups in total. The van der Waals surface area contributed by atoms with E-state index >= 15 is 0 Å². The average Bonchev–Trinajstić information content (AvgIpc) is 3.84.